The lowest BCUT2D eigenvalue weighted by Crippen LogP contribution is -2.01. The first kappa shape index (κ1) is 17.0. The molecule has 21 heavy (non-hydrogen) atoms. The molecule has 0 N–H and O–H groups in total. The van der Waals surface area contributed by atoms with E-state index in [1.165, 1.54) is 7.11 Å². The molecule has 0 bridgehead atoms. The first-order valence-corrected chi connectivity index (χ1v) is 8.13. The Labute approximate surface area is 147 Å². The number of rotatable bonds is 3. The Morgan fingerprint density at radius 3 is 2.33 bits per heavy atom. The predicted octanol–water partition coefficient (Wildman–Crippen LogP) is 6.53. The average Bonchev–Trinajstić information content (AvgIpc) is 2.41. The lowest BCUT2D eigenvalue weighted by Gasteiger charge is -2.17. The molecule has 0 aliphatic carbocycles. The van der Waals surface area contributed by atoms with E-state index in [1.807, 2.05) is 0 Å². The Bertz CT molecular complexity index is 695. The maximum absolute atomic E-state index is 14.0. The monoisotopic (exact) mass is 458 g/mol. The van der Waals surface area contributed by atoms with E-state index in [9.17, 15) is 8.78 Å². The fraction of sp³-hybridized carbons (Fsp3) is 0.143. The van der Waals surface area contributed by atoms with Crippen LogP contribution < -0.4 is 4.74 Å². The summed E-state index contributed by atoms with van der Waals surface area (Å²) in [6, 6.07) is 5.26. The van der Waals surface area contributed by atoms with Gasteiger partial charge in [0.1, 0.15) is 17.4 Å². The molecular formula is C14H8Br2Cl2F2O. The van der Waals surface area contributed by atoms with Gasteiger partial charge in [-0.2, -0.15) is 0 Å². The topological polar surface area (TPSA) is 9.23 Å². The molecule has 1 nitrogen and oxygen atoms in total. The quantitative estimate of drug-likeness (QED) is 0.374. The van der Waals surface area contributed by atoms with E-state index in [0.29, 0.717) is 20.8 Å². The molecule has 1 unspecified atom stereocenters. The van der Waals surface area contributed by atoms with Crippen molar-refractivity contribution < 1.29 is 13.5 Å². The van der Waals surface area contributed by atoms with Crippen LogP contribution in [0.5, 0.6) is 5.75 Å². The van der Waals surface area contributed by atoms with Gasteiger partial charge in [-0.05, 0) is 40.2 Å². The molecule has 2 rings (SSSR count). The molecule has 0 aromatic heterocycles. The van der Waals surface area contributed by atoms with Gasteiger partial charge < -0.3 is 4.74 Å². The van der Waals surface area contributed by atoms with Crippen LogP contribution in [0.2, 0.25) is 10.0 Å². The lowest BCUT2D eigenvalue weighted by atomic mass is 10.0. The fourth-order valence-electron chi connectivity index (χ4n) is 1.88. The van der Waals surface area contributed by atoms with Crippen molar-refractivity contribution in [2.45, 2.75) is 4.83 Å². The molecule has 0 aliphatic rings. The third kappa shape index (κ3) is 3.52. The van der Waals surface area contributed by atoms with E-state index < -0.39 is 16.5 Å². The van der Waals surface area contributed by atoms with Crippen molar-refractivity contribution in [3.8, 4) is 5.75 Å². The van der Waals surface area contributed by atoms with E-state index >= 15 is 0 Å². The number of hydrogen-bond acceptors (Lipinski definition) is 1. The van der Waals surface area contributed by atoms with Gasteiger partial charge in [0.15, 0.2) is 0 Å². The first-order valence-electron chi connectivity index (χ1n) is 5.66. The van der Waals surface area contributed by atoms with Crippen molar-refractivity contribution in [3.63, 3.8) is 0 Å². The molecule has 0 saturated heterocycles. The molecule has 2 aromatic carbocycles. The van der Waals surface area contributed by atoms with Crippen LogP contribution in [-0.2, 0) is 0 Å². The van der Waals surface area contributed by atoms with Gasteiger partial charge in [-0.1, -0.05) is 39.1 Å². The Hall–Kier alpha value is -0.360. The van der Waals surface area contributed by atoms with Gasteiger partial charge in [-0.25, -0.2) is 8.78 Å². The van der Waals surface area contributed by atoms with E-state index in [4.69, 9.17) is 27.9 Å². The fourth-order valence-corrected chi connectivity index (χ4v) is 3.72. The maximum Gasteiger partial charge on any atom is 0.142 e. The molecule has 0 heterocycles. The molecular weight excluding hydrogens is 453 g/mol. The van der Waals surface area contributed by atoms with E-state index in [-0.39, 0.29) is 10.6 Å². The van der Waals surface area contributed by atoms with Crippen LogP contribution >= 0.6 is 55.1 Å². The second-order valence-corrected chi connectivity index (χ2v) is 6.77. The Kier molecular flexibility index (Phi) is 5.52. The zero-order valence-electron chi connectivity index (χ0n) is 10.6. The second kappa shape index (κ2) is 6.82. The number of ether oxygens (including phenoxy) is 1. The normalized spacial score (nSPS) is 12.3. The van der Waals surface area contributed by atoms with E-state index in [2.05, 4.69) is 31.9 Å². The highest BCUT2D eigenvalue weighted by Crippen LogP contribution is 2.43. The molecule has 112 valence electrons. The zero-order valence-corrected chi connectivity index (χ0v) is 15.2. The molecule has 0 aliphatic heterocycles. The minimum Gasteiger partial charge on any atom is -0.495 e. The third-order valence-corrected chi connectivity index (χ3v) is 4.91. The smallest absolute Gasteiger partial charge is 0.142 e. The van der Waals surface area contributed by atoms with Crippen molar-refractivity contribution in [2.24, 2.45) is 0 Å². The van der Waals surface area contributed by atoms with Crippen LogP contribution in [0.3, 0.4) is 0 Å². The summed E-state index contributed by atoms with van der Waals surface area (Å²) in [6.45, 7) is 0. The number of halogens is 6. The van der Waals surface area contributed by atoms with Crippen LogP contribution in [0.25, 0.3) is 0 Å². The molecule has 0 radical (unpaired) electrons. The zero-order chi connectivity index (χ0) is 15.7. The Morgan fingerprint density at radius 2 is 1.71 bits per heavy atom. The third-order valence-electron chi connectivity index (χ3n) is 2.83. The first-order chi connectivity index (χ1) is 9.85. The van der Waals surface area contributed by atoms with Crippen molar-refractivity contribution in [2.75, 3.05) is 7.11 Å². The summed E-state index contributed by atoms with van der Waals surface area (Å²) >= 11 is 18.3. The van der Waals surface area contributed by atoms with Gasteiger partial charge in [0, 0.05) is 16.1 Å². The molecule has 1 atom stereocenters. The molecule has 0 spiro atoms. The van der Waals surface area contributed by atoms with Crippen molar-refractivity contribution in [1.82, 2.24) is 0 Å². The number of hydrogen-bond donors (Lipinski definition) is 0. The molecule has 7 heteroatoms. The number of methoxy groups -OCH3 is 1. The predicted molar refractivity (Wildman–Crippen MR) is 87.8 cm³/mol. The largest absolute Gasteiger partial charge is 0.495 e. The Morgan fingerprint density at radius 1 is 1.05 bits per heavy atom. The van der Waals surface area contributed by atoms with Crippen LogP contribution in [0.1, 0.15) is 16.0 Å². The van der Waals surface area contributed by atoms with E-state index in [1.54, 1.807) is 12.1 Å². The summed E-state index contributed by atoms with van der Waals surface area (Å²) in [5.41, 5.74) is 0.668. The summed E-state index contributed by atoms with van der Waals surface area (Å²) < 4.78 is 33.5. The van der Waals surface area contributed by atoms with Crippen LogP contribution in [-0.4, -0.2) is 7.11 Å². The highest BCUT2D eigenvalue weighted by atomic mass is 79.9. The van der Waals surface area contributed by atoms with Crippen molar-refractivity contribution in [3.05, 3.63) is 61.5 Å². The van der Waals surface area contributed by atoms with Gasteiger partial charge in [0.2, 0.25) is 0 Å². The van der Waals surface area contributed by atoms with Gasteiger partial charge in [-0.3, -0.25) is 0 Å². The summed E-state index contributed by atoms with van der Waals surface area (Å²) in [5, 5.41) is 0.173. The molecule has 2 aromatic rings. The summed E-state index contributed by atoms with van der Waals surface area (Å²) in [5.74, 6) is -0.838. The van der Waals surface area contributed by atoms with Gasteiger partial charge in [0.25, 0.3) is 0 Å². The standard InChI is InChI=1S/C14H8Br2Cl2F2O/c1-21-14-8(2-6(17)3-9(14)15)13(16)7-4-12(20)10(18)5-11(7)19/h2-5,13H,1H3. The highest BCUT2D eigenvalue weighted by Gasteiger charge is 2.22. The second-order valence-electron chi connectivity index (χ2n) is 4.16. The number of benzene rings is 2. The van der Waals surface area contributed by atoms with Crippen molar-refractivity contribution in [1.29, 1.82) is 0 Å². The molecule has 0 fully saturated rings. The van der Waals surface area contributed by atoms with Crippen LogP contribution in [0.4, 0.5) is 8.78 Å². The number of alkyl halides is 1. The van der Waals surface area contributed by atoms with Crippen LogP contribution in [0, 0.1) is 11.6 Å². The Balaban J connectivity index is 2.60. The summed E-state index contributed by atoms with van der Waals surface area (Å²) in [6.07, 6.45) is 0. The average molecular weight is 461 g/mol. The maximum atomic E-state index is 14.0. The molecule has 0 amide bonds. The van der Waals surface area contributed by atoms with E-state index in [0.717, 1.165) is 12.1 Å². The van der Waals surface area contributed by atoms with Crippen molar-refractivity contribution >= 4 is 55.1 Å². The summed E-state index contributed by atoms with van der Waals surface area (Å²) in [4.78, 5) is -0.644. The summed E-state index contributed by atoms with van der Waals surface area (Å²) in [7, 11) is 1.48. The molecule has 0 saturated carbocycles. The minimum absolute atomic E-state index is 0.101. The van der Waals surface area contributed by atoms with Crippen LogP contribution in [0.15, 0.2) is 28.7 Å². The SMILES string of the molecule is COc1c(Br)cc(Cl)cc1C(Br)c1cc(F)c(Cl)cc1F. The van der Waals surface area contributed by atoms with Gasteiger partial charge >= 0.3 is 0 Å². The van der Waals surface area contributed by atoms with Gasteiger partial charge in [-0.15, -0.1) is 0 Å². The lowest BCUT2D eigenvalue weighted by molar-refractivity contribution is 0.407. The van der Waals surface area contributed by atoms with Gasteiger partial charge in [0.05, 0.1) is 21.4 Å². The highest BCUT2D eigenvalue weighted by molar-refractivity contribution is 9.10. The minimum atomic E-state index is -0.697.